The third-order valence-corrected chi connectivity index (χ3v) is 3.43. The highest BCUT2D eigenvalue weighted by molar-refractivity contribution is 5.02. The predicted molar refractivity (Wildman–Crippen MR) is 49.1 cm³/mol. The number of hydrogen-bond donors (Lipinski definition) is 1. The minimum Gasteiger partial charge on any atom is -0.392 e. The van der Waals surface area contributed by atoms with E-state index in [0.717, 1.165) is 25.9 Å². The Bertz CT molecular complexity index is 139. The molecule has 0 spiro atoms. The average molecular weight is 172 g/mol. The maximum atomic E-state index is 9.68. The van der Waals surface area contributed by atoms with Crippen molar-refractivity contribution in [1.29, 1.82) is 0 Å². The molecule has 2 heteroatoms. The molecule has 0 saturated heterocycles. The van der Waals surface area contributed by atoms with Crippen molar-refractivity contribution in [3.8, 4) is 0 Å². The molecule has 1 N–H and O–H groups in total. The van der Waals surface area contributed by atoms with Gasteiger partial charge in [0.15, 0.2) is 0 Å². The van der Waals surface area contributed by atoms with E-state index < -0.39 is 0 Å². The lowest BCUT2D eigenvalue weighted by Gasteiger charge is -2.52. The maximum Gasteiger partial charge on any atom is 0.0680 e. The van der Waals surface area contributed by atoms with Gasteiger partial charge in [-0.2, -0.15) is 0 Å². The quantitative estimate of drug-likeness (QED) is 0.702. The molecular weight excluding hydrogens is 152 g/mol. The molecule has 1 fully saturated rings. The van der Waals surface area contributed by atoms with Crippen molar-refractivity contribution in [2.75, 3.05) is 6.61 Å². The number of ether oxygens (including phenoxy) is 1. The van der Waals surface area contributed by atoms with Gasteiger partial charge in [0.1, 0.15) is 0 Å². The van der Waals surface area contributed by atoms with Gasteiger partial charge in [0.25, 0.3) is 0 Å². The van der Waals surface area contributed by atoms with E-state index in [1.807, 2.05) is 6.92 Å². The van der Waals surface area contributed by atoms with Crippen LogP contribution in [0.3, 0.4) is 0 Å². The van der Waals surface area contributed by atoms with Gasteiger partial charge in [-0.05, 0) is 19.8 Å². The van der Waals surface area contributed by atoms with E-state index in [-0.39, 0.29) is 11.5 Å². The van der Waals surface area contributed by atoms with Gasteiger partial charge >= 0.3 is 0 Å². The SMILES string of the molecule is CCOC1CC(O)C1(CC)CC. The Balaban J connectivity index is 2.56. The standard InChI is InChI=1S/C10H20O2/c1-4-10(5-2)8(11)7-9(10)12-6-3/h8-9,11H,4-7H2,1-3H3. The first-order valence-electron chi connectivity index (χ1n) is 5.00. The molecule has 0 heterocycles. The number of rotatable bonds is 4. The molecule has 0 radical (unpaired) electrons. The number of aliphatic hydroxyl groups excluding tert-OH is 1. The van der Waals surface area contributed by atoms with Crippen LogP contribution >= 0.6 is 0 Å². The van der Waals surface area contributed by atoms with Crippen molar-refractivity contribution < 1.29 is 9.84 Å². The highest BCUT2D eigenvalue weighted by Crippen LogP contribution is 2.48. The average Bonchev–Trinajstić information content (AvgIpc) is 2.07. The molecular formula is C10H20O2. The van der Waals surface area contributed by atoms with Crippen molar-refractivity contribution in [2.45, 2.75) is 52.2 Å². The Kier molecular flexibility index (Phi) is 3.13. The summed E-state index contributed by atoms with van der Waals surface area (Å²) in [4.78, 5) is 0. The molecule has 0 amide bonds. The van der Waals surface area contributed by atoms with Crippen LogP contribution in [0, 0.1) is 5.41 Å². The molecule has 0 aromatic carbocycles. The third-order valence-electron chi connectivity index (χ3n) is 3.43. The predicted octanol–water partition coefficient (Wildman–Crippen LogP) is 1.96. The van der Waals surface area contributed by atoms with Crippen LogP contribution in [-0.2, 0) is 4.74 Å². The van der Waals surface area contributed by atoms with Crippen molar-refractivity contribution in [3.63, 3.8) is 0 Å². The van der Waals surface area contributed by atoms with Gasteiger partial charge in [0.2, 0.25) is 0 Å². The van der Waals surface area contributed by atoms with E-state index in [0.29, 0.717) is 6.10 Å². The molecule has 12 heavy (non-hydrogen) atoms. The number of aliphatic hydroxyl groups is 1. The van der Waals surface area contributed by atoms with Crippen LogP contribution in [0.15, 0.2) is 0 Å². The summed E-state index contributed by atoms with van der Waals surface area (Å²) in [6.07, 6.45) is 3.04. The van der Waals surface area contributed by atoms with Crippen molar-refractivity contribution in [2.24, 2.45) is 5.41 Å². The molecule has 0 aromatic heterocycles. The molecule has 0 aliphatic heterocycles. The second-order valence-electron chi connectivity index (χ2n) is 3.64. The first kappa shape index (κ1) is 10.0. The van der Waals surface area contributed by atoms with Crippen LogP contribution in [0.1, 0.15) is 40.0 Å². The molecule has 2 atom stereocenters. The summed E-state index contributed by atoms with van der Waals surface area (Å²) in [5.74, 6) is 0. The molecule has 72 valence electrons. The summed E-state index contributed by atoms with van der Waals surface area (Å²) in [6, 6.07) is 0. The van der Waals surface area contributed by atoms with Gasteiger partial charge < -0.3 is 9.84 Å². The van der Waals surface area contributed by atoms with Crippen LogP contribution in [0.25, 0.3) is 0 Å². The number of hydrogen-bond acceptors (Lipinski definition) is 2. The molecule has 2 unspecified atom stereocenters. The summed E-state index contributed by atoms with van der Waals surface area (Å²) in [7, 11) is 0. The second-order valence-corrected chi connectivity index (χ2v) is 3.64. The van der Waals surface area contributed by atoms with E-state index in [1.54, 1.807) is 0 Å². The van der Waals surface area contributed by atoms with Gasteiger partial charge in [-0.1, -0.05) is 13.8 Å². The Morgan fingerprint density at radius 1 is 1.33 bits per heavy atom. The fourth-order valence-electron chi connectivity index (χ4n) is 2.34. The van der Waals surface area contributed by atoms with Crippen molar-refractivity contribution in [1.82, 2.24) is 0 Å². The summed E-state index contributed by atoms with van der Waals surface area (Å²) in [5.41, 5.74) is 0.0655. The van der Waals surface area contributed by atoms with Gasteiger partial charge in [-0.25, -0.2) is 0 Å². The Labute approximate surface area is 74.9 Å². The summed E-state index contributed by atoms with van der Waals surface area (Å²) >= 11 is 0. The molecule has 1 aliphatic carbocycles. The summed E-state index contributed by atoms with van der Waals surface area (Å²) in [5, 5.41) is 9.68. The van der Waals surface area contributed by atoms with Crippen LogP contribution < -0.4 is 0 Å². The molecule has 1 saturated carbocycles. The third kappa shape index (κ3) is 1.27. The van der Waals surface area contributed by atoms with Gasteiger partial charge in [-0.3, -0.25) is 0 Å². The van der Waals surface area contributed by atoms with Crippen LogP contribution in [0.2, 0.25) is 0 Å². The van der Waals surface area contributed by atoms with E-state index in [2.05, 4.69) is 13.8 Å². The van der Waals surface area contributed by atoms with Crippen LogP contribution in [0.4, 0.5) is 0 Å². The lowest BCUT2D eigenvalue weighted by molar-refractivity contribution is -0.194. The monoisotopic (exact) mass is 172 g/mol. The minimum atomic E-state index is -0.135. The van der Waals surface area contributed by atoms with Gasteiger partial charge in [-0.15, -0.1) is 0 Å². The zero-order valence-corrected chi connectivity index (χ0v) is 8.34. The Hall–Kier alpha value is -0.0800. The van der Waals surface area contributed by atoms with Crippen LogP contribution in [-0.4, -0.2) is 23.9 Å². The fraction of sp³-hybridized carbons (Fsp3) is 1.00. The second kappa shape index (κ2) is 3.75. The Morgan fingerprint density at radius 3 is 2.25 bits per heavy atom. The zero-order chi connectivity index (χ0) is 9.19. The minimum absolute atomic E-state index is 0.0655. The lowest BCUT2D eigenvalue weighted by atomic mass is 9.60. The van der Waals surface area contributed by atoms with Crippen molar-refractivity contribution >= 4 is 0 Å². The van der Waals surface area contributed by atoms with Gasteiger partial charge in [0.05, 0.1) is 12.2 Å². The molecule has 0 aromatic rings. The highest BCUT2D eigenvalue weighted by atomic mass is 16.5. The highest BCUT2D eigenvalue weighted by Gasteiger charge is 2.52. The van der Waals surface area contributed by atoms with E-state index >= 15 is 0 Å². The lowest BCUT2D eigenvalue weighted by Crippen LogP contribution is -2.57. The topological polar surface area (TPSA) is 29.5 Å². The smallest absolute Gasteiger partial charge is 0.0680 e. The fourth-order valence-corrected chi connectivity index (χ4v) is 2.34. The molecule has 1 aliphatic rings. The summed E-state index contributed by atoms with van der Waals surface area (Å²) < 4.78 is 5.59. The van der Waals surface area contributed by atoms with Crippen LogP contribution in [0.5, 0.6) is 0 Å². The molecule has 0 bridgehead atoms. The molecule has 2 nitrogen and oxygen atoms in total. The maximum absolute atomic E-state index is 9.68. The molecule has 1 rings (SSSR count). The first-order valence-corrected chi connectivity index (χ1v) is 5.00. The van der Waals surface area contributed by atoms with E-state index in [9.17, 15) is 5.11 Å². The van der Waals surface area contributed by atoms with E-state index in [4.69, 9.17) is 4.74 Å². The first-order chi connectivity index (χ1) is 5.71. The van der Waals surface area contributed by atoms with Gasteiger partial charge in [0, 0.05) is 18.4 Å². The normalized spacial score (nSPS) is 33.0. The zero-order valence-electron chi connectivity index (χ0n) is 8.34. The largest absolute Gasteiger partial charge is 0.392 e. The van der Waals surface area contributed by atoms with E-state index in [1.165, 1.54) is 0 Å². The summed E-state index contributed by atoms with van der Waals surface area (Å²) in [6.45, 7) is 7.05. The van der Waals surface area contributed by atoms with Crippen molar-refractivity contribution in [3.05, 3.63) is 0 Å². The Morgan fingerprint density at radius 2 is 1.92 bits per heavy atom.